The third kappa shape index (κ3) is 7.36. The van der Waals surface area contributed by atoms with Crippen LogP contribution in [0.15, 0.2) is 0 Å². The van der Waals surface area contributed by atoms with Crippen LogP contribution in [0.4, 0.5) is 0 Å². The highest BCUT2D eigenvalue weighted by Gasteiger charge is 2.40. The third-order valence-electron chi connectivity index (χ3n) is 6.54. The molecule has 0 fully saturated rings. The standard InChI is InChI=1S/C20H46O4Si2/c1-15(13-23-25(9,10)19(3,4)5)17(21)18(22)16(2)14-24-26(11,12)20(6,7)8/h15-18,21-22H,13-14H2,1-12H3/t15-,16-,17+,18+/m1/s1. The zero-order valence-electron chi connectivity index (χ0n) is 19.4. The summed E-state index contributed by atoms with van der Waals surface area (Å²) in [7, 11) is -3.70. The van der Waals surface area contributed by atoms with Crippen molar-refractivity contribution in [2.24, 2.45) is 11.8 Å². The smallest absolute Gasteiger partial charge is 0.191 e. The Morgan fingerprint density at radius 3 is 1.08 bits per heavy atom. The molecular weight excluding hydrogens is 360 g/mol. The Hall–Kier alpha value is 0.274. The van der Waals surface area contributed by atoms with E-state index in [-0.39, 0.29) is 21.9 Å². The van der Waals surface area contributed by atoms with Crippen LogP contribution in [0, 0.1) is 11.8 Å². The van der Waals surface area contributed by atoms with Gasteiger partial charge in [-0.3, -0.25) is 0 Å². The fraction of sp³-hybridized carbons (Fsp3) is 1.00. The van der Waals surface area contributed by atoms with Gasteiger partial charge in [-0.25, -0.2) is 0 Å². The molecule has 0 aliphatic heterocycles. The van der Waals surface area contributed by atoms with Crippen LogP contribution in [0.3, 0.4) is 0 Å². The minimum atomic E-state index is -1.85. The highest BCUT2D eigenvalue weighted by Crippen LogP contribution is 2.38. The molecule has 0 aliphatic rings. The quantitative estimate of drug-likeness (QED) is 0.528. The van der Waals surface area contributed by atoms with Gasteiger partial charge >= 0.3 is 0 Å². The van der Waals surface area contributed by atoms with E-state index in [1.54, 1.807) is 0 Å². The fourth-order valence-electron chi connectivity index (χ4n) is 1.98. The molecular formula is C20H46O4Si2. The summed E-state index contributed by atoms with van der Waals surface area (Å²) >= 11 is 0. The van der Waals surface area contributed by atoms with Crippen molar-refractivity contribution in [1.82, 2.24) is 0 Å². The van der Waals surface area contributed by atoms with Gasteiger partial charge in [0.25, 0.3) is 0 Å². The Kier molecular flexibility index (Phi) is 9.28. The van der Waals surface area contributed by atoms with Gasteiger partial charge in [0.05, 0.1) is 12.2 Å². The van der Waals surface area contributed by atoms with Crippen molar-refractivity contribution >= 4 is 16.6 Å². The molecule has 0 saturated heterocycles. The minimum Gasteiger partial charge on any atom is -0.416 e. The maximum Gasteiger partial charge on any atom is 0.191 e. The molecule has 4 atom stereocenters. The van der Waals surface area contributed by atoms with E-state index in [4.69, 9.17) is 8.85 Å². The van der Waals surface area contributed by atoms with Gasteiger partial charge in [-0.15, -0.1) is 0 Å². The van der Waals surface area contributed by atoms with Crippen LogP contribution in [0.25, 0.3) is 0 Å². The van der Waals surface area contributed by atoms with Crippen LogP contribution in [0.5, 0.6) is 0 Å². The van der Waals surface area contributed by atoms with Crippen LogP contribution < -0.4 is 0 Å². The molecule has 0 aromatic carbocycles. The lowest BCUT2D eigenvalue weighted by molar-refractivity contribution is -0.0581. The Morgan fingerprint density at radius 2 is 0.885 bits per heavy atom. The van der Waals surface area contributed by atoms with Gasteiger partial charge in [0, 0.05) is 25.0 Å². The molecule has 0 aromatic rings. The molecule has 0 aliphatic carbocycles. The Bertz CT molecular complexity index is 385. The molecule has 158 valence electrons. The second-order valence-electron chi connectivity index (χ2n) is 11.1. The first-order valence-corrected chi connectivity index (χ1v) is 15.8. The lowest BCUT2D eigenvalue weighted by Crippen LogP contribution is -2.46. The first-order valence-electron chi connectivity index (χ1n) is 9.97. The lowest BCUT2D eigenvalue weighted by atomic mass is 9.93. The Morgan fingerprint density at radius 1 is 0.654 bits per heavy atom. The van der Waals surface area contributed by atoms with E-state index in [1.807, 2.05) is 13.8 Å². The minimum absolute atomic E-state index is 0.116. The van der Waals surface area contributed by atoms with Gasteiger partial charge in [0.1, 0.15) is 0 Å². The van der Waals surface area contributed by atoms with E-state index in [2.05, 4.69) is 67.7 Å². The van der Waals surface area contributed by atoms with Crippen molar-refractivity contribution in [1.29, 1.82) is 0 Å². The molecule has 0 rings (SSSR count). The van der Waals surface area contributed by atoms with E-state index in [1.165, 1.54) is 0 Å². The fourth-order valence-corrected chi connectivity index (χ4v) is 4.21. The molecule has 0 radical (unpaired) electrons. The summed E-state index contributed by atoms with van der Waals surface area (Å²) in [6, 6.07) is 0. The molecule has 6 heteroatoms. The molecule has 4 nitrogen and oxygen atoms in total. The second kappa shape index (κ2) is 9.18. The summed E-state index contributed by atoms with van der Waals surface area (Å²) < 4.78 is 12.4. The second-order valence-corrected chi connectivity index (χ2v) is 20.7. The molecule has 0 aromatic heterocycles. The van der Waals surface area contributed by atoms with Crippen molar-refractivity contribution in [2.45, 2.75) is 104 Å². The molecule has 0 bridgehead atoms. The highest BCUT2D eigenvalue weighted by molar-refractivity contribution is 6.74. The highest BCUT2D eigenvalue weighted by atomic mass is 28.4. The largest absolute Gasteiger partial charge is 0.416 e. The summed E-state index contributed by atoms with van der Waals surface area (Å²) in [5.41, 5.74) is 0. The van der Waals surface area contributed by atoms with Gasteiger partial charge in [0.2, 0.25) is 0 Å². The first kappa shape index (κ1) is 26.3. The third-order valence-corrected chi connectivity index (χ3v) is 15.5. The molecule has 0 amide bonds. The van der Waals surface area contributed by atoms with Gasteiger partial charge < -0.3 is 19.1 Å². The van der Waals surface area contributed by atoms with Crippen molar-refractivity contribution in [3.05, 3.63) is 0 Å². The summed E-state index contributed by atoms with van der Waals surface area (Å²) in [5, 5.41) is 21.5. The average Bonchev–Trinajstić information content (AvgIpc) is 2.46. The van der Waals surface area contributed by atoms with E-state index in [0.29, 0.717) is 13.2 Å². The zero-order valence-corrected chi connectivity index (χ0v) is 21.4. The maximum atomic E-state index is 10.6. The predicted octanol–water partition coefficient (Wildman–Crippen LogP) is 5.02. The maximum absolute atomic E-state index is 10.6. The Balaban J connectivity index is 4.67. The van der Waals surface area contributed by atoms with E-state index < -0.39 is 28.8 Å². The van der Waals surface area contributed by atoms with Crippen molar-refractivity contribution < 1.29 is 19.1 Å². The number of hydrogen-bond acceptors (Lipinski definition) is 4. The monoisotopic (exact) mass is 406 g/mol. The van der Waals surface area contributed by atoms with E-state index in [0.717, 1.165) is 0 Å². The molecule has 0 heterocycles. The molecule has 0 unspecified atom stereocenters. The van der Waals surface area contributed by atoms with Crippen LogP contribution >= 0.6 is 0 Å². The molecule has 0 spiro atoms. The number of aliphatic hydroxyl groups excluding tert-OH is 2. The van der Waals surface area contributed by atoms with Gasteiger partial charge in [0.15, 0.2) is 16.6 Å². The normalized spacial score (nSPS) is 19.2. The zero-order chi connectivity index (χ0) is 21.1. The number of hydrogen-bond donors (Lipinski definition) is 2. The number of rotatable bonds is 9. The topological polar surface area (TPSA) is 58.9 Å². The first-order chi connectivity index (χ1) is 11.3. The molecule has 0 saturated carbocycles. The van der Waals surface area contributed by atoms with Crippen LogP contribution in [-0.2, 0) is 8.85 Å². The van der Waals surface area contributed by atoms with E-state index >= 15 is 0 Å². The predicted molar refractivity (Wildman–Crippen MR) is 117 cm³/mol. The van der Waals surface area contributed by atoms with Crippen molar-refractivity contribution in [2.75, 3.05) is 13.2 Å². The summed E-state index contributed by atoms with van der Waals surface area (Å²) in [5.74, 6) is -0.233. The molecule has 2 N–H and O–H groups in total. The summed E-state index contributed by atoms with van der Waals surface area (Å²) in [6.07, 6.45) is -1.62. The van der Waals surface area contributed by atoms with Crippen molar-refractivity contribution in [3.8, 4) is 0 Å². The van der Waals surface area contributed by atoms with Gasteiger partial charge in [-0.1, -0.05) is 55.4 Å². The van der Waals surface area contributed by atoms with Crippen LogP contribution in [-0.4, -0.2) is 52.3 Å². The Labute approximate surface area is 164 Å². The van der Waals surface area contributed by atoms with Crippen molar-refractivity contribution in [3.63, 3.8) is 0 Å². The average molecular weight is 407 g/mol. The lowest BCUT2D eigenvalue weighted by Gasteiger charge is -2.39. The summed E-state index contributed by atoms with van der Waals surface area (Å²) in [6.45, 7) is 26.9. The van der Waals surface area contributed by atoms with Crippen LogP contribution in [0.2, 0.25) is 36.3 Å². The SMILES string of the molecule is C[C@H](CO[Si](C)(C)C(C)(C)C)[C@H](O)[C@@H](O)[C@H](C)CO[Si](C)(C)C(C)(C)C. The van der Waals surface area contributed by atoms with Crippen LogP contribution in [0.1, 0.15) is 55.4 Å². The number of aliphatic hydroxyl groups is 2. The van der Waals surface area contributed by atoms with Gasteiger partial charge in [-0.2, -0.15) is 0 Å². The molecule has 26 heavy (non-hydrogen) atoms. The summed E-state index contributed by atoms with van der Waals surface area (Å²) in [4.78, 5) is 0. The van der Waals surface area contributed by atoms with Gasteiger partial charge in [-0.05, 0) is 36.3 Å². The van der Waals surface area contributed by atoms with E-state index in [9.17, 15) is 10.2 Å².